The normalized spacial score (nSPS) is 16.2. The van der Waals surface area contributed by atoms with Crippen LogP contribution < -0.4 is 10.9 Å². The lowest BCUT2D eigenvalue weighted by Crippen LogP contribution is -2.34. The third-order valence-electron chi connectivity index (χ3n) is 4.03. The number of hydrogen-bond donors (Lipinski definition) is 2. The summed E-state index contributed by atoms with van der Waals surface area (Å²) in [6.07, 6.45) is 3.24. The van der Waals surface area contributed by atoms with Gasteiger partial charge in [0.15, 0.2) is 0 Å². The first-order valence-corrected chi connectivity index (χ1v) is 9.70. The van der Waals surface area contributed by atoms with Gasteiger partial charge in [-0.05, 0) is 38.5 Å². The third-order valence-corrected chi connectivity index (χ3v) is 5.36. The molecule has 0 spiro atoms. The first-order chi connectivity index (χ1) is 12.8. The predicted octanol–water partition coefficient (Wildman–Crippen LogP) is 2.02. The molecule has 0 unspecified atom stereocenters. The number of anilines is 1. The second-order valence-electron chi connectivity index (χ2n) is 6.41. The van der Waals surface area contributed by atoms with Crippen molar-refractivity contribution < 1.29 is 9.90 Å². The van der Waals surface area contributed by atoms with E-state index < -0.39 is 0 Å². The van der Waals surface area contributed by atoms with E-state index in [2.05, 4.69) is 10.3 Å². The molecule has 2 aromatic rings. The Morgan fingerprint density at radius 1 is 1.37 bits per heavy atom. The van der Waals surface area contributed by atoms with Crippen molar-refractivity contribution in [1.29, 1.82) is 0 Å². The molecule has 1 aliphatic rings. The number of thioether (sulfide) groups is 1. The summed E-state index contributed by atoms with van der Waals surface area (Å²) in [5.74, 6) is 0.106. The van der Waals surface area contributed by atoms with Crippen molar-refractivity contribution in [1.82, 2.24) is 14.3 Å². The number of amides is 1. The second kappa shape index (κ2) is 7.79. The molecule has 9 heteroatoms. The van der Waals surface area contributed by atoms with E-state index in [-0.39, 0.29) is 36.2 Å². The molecule has 3 rings (SSSR count). The van der Waals surface area contributed by atoms with Crippen molar-refractivity contribution in [2.75, 3.05) is 18.5 Å². The minimum atomic E-state index is -0.293. The monoisotopic (exact) mass is 404 g/mol. The molecule has 1 saturated heterocycles. The van der Waals surface area contributed by atoms with Gasteiger partial charge in [-0.25, -0.2) is 4.98 Å². The summed E-state index contributed by atoms with van der Waals surface area (Å²) >= 11 is 6.47. The predicted molar refractivity (Wildman–Crippen MR) is 112 cm³/mol. The molecule has 0 atom stereocenters. The summed E-state index contributed by atoms with van der Waals surface area (Å²) in [5.41, 5.74) is 1.37. The number of aliphatic hydroxyl groups excluding tert-OH is 1. The van der Waals surface area contributed by atoms with Gasteiger partial charge in [0.25, 0.3) is 11.5 Å². The first-order valence-electron chi connectivity index (χ1n) is 8.48. The van der Waals surface area contributed by atoms with Gasteiger partial charge >= 0.3 is 0 Å². The van der Waals surface area contributed by atoms with Crippen molar-refractivity contribution >= 4 is 51.7 Å². The van der Waals surface area contributed by atoms with Gasteiger partial charge in [-0.15, -0.1) is 0 Å². The van der Waals surface area contributed by atoms with E-state index in [4.69, 9.17) is 17.3 Å². The van der Waals surface area contributed by atoms with Crippen LogP contribution in [-0.2, 0) is 4.79 Å². The molecule has 1 fully saturated rings. The molecule has 0 aliphatic carbocycles. The Labute approximate surface area is 166 Å². The summed E-state index contributed by atoms with van der Waals surface area (Å²) in [4.78, 5) is 32.1. The van der Waals surface area contributed by atoms with Crippen LogP contribution in [0.1, 0.15) is 25.0 Å². The highest BCUT2D eigenvalue weighted by molar-refractivity contribution is 8.26. The van der Waals surface area contributed by atoms with Gasteiger partial charge in [0.2, 0.25) is 0 Å². The highest BCUT2D eigenvalue weighted by atomic mass is 32.2. The van der Waals surface area contributed by atoms with Gasteiger partial charge in [0.05, 0.1) is 17.1 Å². The molecule has 142 valence electrons. The number of pyridine rings is 1. The average Bonchev–Trinajstić information content (AvgIpc) is 2.90. The van der Waals surface area contributed by atoms with Crippen LogP contribution in [0.3, 0.4) is 0 Å². The van der Waals surface area contributed by atoms with Crippen molar-refractivity contribution in [3.05, 3.63) is 44.7 Å². The van der Waals surface area contributed by atoms with Gasteiger partial charge in [-0.1, -0.05) is 30.0 Å². The van der Waals surface area contributed by atoms with Crippen LogP contribution in [0.5, 0.6) is 0 Å². The number of carbonyl (C=O) groups is 1. The number of aryl methyl sites for hydroxylation is 1. The largest absolute Gasteiger partial charge is 0.395 e. The number of rotatable bonds is 5. The number of aliphatic hydroxyl groups is 1. The number of nitrogens with one attached hydrogen (secondary N) is 1. The molecular formula is C18H20N4O3S2. The number of hydrogen-bond acceptors (Lipinski definition) is 7. The molecule has 0 radical (unpaired) electrons. The SMILES string of the molecule is Cc1ccc2nc(NCCO)c(C=C3SC(=S)N(C(C)C)C3=O)c(=O)n2c1. The summed E-state index contributed by atoms with van der Waals surface area (Å²) in [6, 6.07) is 3.56. The van der Waals surface area contributed by atoms with Crippen LogP contribution in [0, 0.1) is 6.92 Å². The lowest BCUT2D eigenvalue weighted by Gasteiger charge is -2.18. The zero-order valence-corrected chi connectivity index (χ0v) is 16.9. The quantitative estimate of drug-likeness (QED) is 0.582. The van der Waals surface area contributed by atoms with E-state index in [1.165, 1.54) is 27.1 Å². The van der Waals surface area contributed by atoms with Crippen molar-refractivity contribution in [3.63, 3.8) is 0 Å². The number of fused-ring (bicyclic) bond motifs is 1. The first kappa shape index (κ1) is 19.5. The molecule has 2 aromatic heterocycles. The van der Waals surface area contributed by atoms with Gasteiger partial charge < -0.3 is 10.4 Å². The number of carbonyl (C=O) groups excluding carboxylic acids is 1. The van der Waals surface area contributed by atoms with E-state index in [0.29, 0.717) is 20.7 Å². The summed E-state index contributed by atoms with van der Waals surface area (Å²) in [5, 5.41) is 12.1. The maximum atomic E-state index is 13.1. The zero-order valence-electron chi connectivity index (χ0n) is 15.2. The molecule has 7 nitrogen and oxygen atoms in total. The number of thiocarbonyl (C=S) groups is 1. The van der Waals surface area contributed by atoms with Crippen molar-refractivity contribution in [2.45, 2.75) is 26.8 Å². The van der Waals surface area contributed by atoms with E-state index in [0.717, 1.165) is 5.56 Å². The van der Waals surface area contributed by atoms with Crippen LogP contribution in [0.2, 0.25) is 0 Å². The zero-order chi connectivity index (χ0) is 19.7. The molecule has 0 aromatic carbocycles. The Bertz CT molecular complexity index is 1010. The van der Waals surface area contributed by atoms with Gasteiger partial charge in [-0.2, -0.15) is 0 Å². The van der Waals surface area contributed by atoms with Crippen molar-refractivity contribution in [2.24, 2.45) is 0 Å². The molecular weight excluding hydrogens is 384 g/mol. The van der Waals surface area contributed by atoms with Crippen LogP contribution in [-0.4, -0.2) is 48.8 Å². The summed E-state index contributed by atoms with van der Waals surface area (Å²) < 4.78 is 1.92. The minimum absolute atomic E-state index is 0.0612. The Morgan fingerprint density at radius 2 is 2.11 bits per heavy atom. The maximum Gasteiger partial charge on any atom is 0.267 e. The lowest BCUT2D eigenvalue weighted by atomic mass is 10.2. The minimum Gasteiger partial charge on any atom is -0.395 e. The summed E-state index contributed by atoms with van der Waals surface area (Å²) in [6.45, 7) is 5.79. The van der Waals surface area contributed by atoms with E-state index >= 15 is 0 Å². The number of aromatic nitrogens is 2. The lowest BCUT2D eigenvalue weighted by molar-refractivity contribution is -0.123. The van der Waals surface area contributed by atoms with E-state index in [1.807, 2.05) is 26.8 Å². The topological polar surface area (TPSA) is 86.9 Å². The maximum absolute atomic E-state index is 13.1. The van der Waals surface area contributed by atoms with Crippen molar-refractivity contribution in [3.8, 4) is 0 Å². The van der Waals surface area contributed by atoms with Gasteiger partial charge in [0, 0.05) is 18.8 Å². The standard InChI is InChI=1S/C18H20N4O3S2/c1-10(2)22-17(25)13(27-18(22)26)8-12-15(19-6-7-23)20-14-5-4-11(3)9-21(14)16(12)24/h4-5,8-10,19,23H,6-7H2,1-3H3. The molecule has 0 bridgehead atoms. The fourth-order valence-electron chi connectivity index (χ4n) is 2.75. The van der Waals surface area contributed by atoms with Gasteiger partial charge in [-0.3, -0.25) is 18.9 Å². The fourth-order valence-corrected chi connectivity index (χ4v) is 4.26. The van der Waals surface area contributed by atoms with Crippen LogP contribution >= 0.6 is 24.0 Å². The smallest absolute Gasteiger partial charge is 0.267 e. The molecule has 0 saturated carbocycles. The molecule has 27 heavy (non-hydrogen) atoms. The molecule has 1 amide bonds. The van der Waals surface area contributed by atoms with Crippen LogP contribution in [0.25, 0.3) is 11.7 Å². The fraction of sp³-hybridized carbons (Fsp3) is 0.333. The molecule has 1 aliphatic heterocycles. The Balaban J connectivity index is 2.17. The third kappa shape index (κ3) is 3.76. The highest BCUT2D eigenvalue weighted by Gasteiger charge is 2.34. The second-order valence-corrected chi connectivity index (χ2v) is 8.09. The molecule has 3 heterocycles. The van der Waals surface area contributed by atoms with Crippen LogP contribution in [0.15, 0.2) is 28.0 Å². The highest BCUT2D eigenvalue weighted by Crippen LogP contribution is 2.34. The summed E-state index contributed by atoms with van der Waals surface area (Å²) in [7, 11) is 0. The molecule has 2 N–H and O–H groups in total. The number of nitrogens with zero attached hydrogens (tertiary/aromatic N) is 3. The Hall–Kier alpha value is -2.23. The van der Waals surface area contributed by atoms with Crippen LogP contribution in [0.4, 0.5) is 5.82 Å². The van der Waals surface area contributed by atoms with Gasteiger partial charge in [0.1, 0.15) is 15.8 Å². The Kier molecular flexibility index (Phi) is 5.64. The Morgan fingerprint density at radius 3 is 2.74 bits per heavy atom. The average molecular weight is 405 g/mol. The van der Waals surface area contributed by atoms with E-state index in [9.17, 15) is 9.59 Å². The van der Waals surface area contributed by atoms with E-state index in [1.54, 1.807) is 12.3 Å².